The second-order valence-electron chi connectivity index (χ2n) is 10.3. The van der Waals surface area contributed by atoms with Crippen LogP contribution >= 0.6 is 0 Å². The number of aryl methyl sites for hydroxylation is 1. The minimum atomic E-state index is -0.340. The molecule has 0 radical (unpaired) electrons. The Morgan fingerprint density at radius 2 is 2.03 bits per heavy atom. The van der Waals surface area contributed by atoms with Crippen LogP contribution in [0.1, 0.15) is 66.6 Å². The molecule has 0 bridgehead atoms. The minimum Gasteiger partial charge on any atom is -0.482 e. The third-order valence-corrected chi connectivity index (χ3v) is 7.19. The van der Waals surface area contributed by atoms with Crippen molar-refractivity contribution in [3.8, 4) is 5.75 Å². The molecule has 38 heavy (non-hydrogen) atoms. The number of carbonyl (C=O) groups excluding carboxylic acids is 2. The number of ether oxygens (including phenoxy) is 1. The van der Waals surface area contributed by atoms with Gasteiger partial charge in [0.15, 0.2) is 6.61 Å². The second kappa shape index (κ2) is 11.4. The van der Waals surface area contributed by atoms with Crippen molar-refractivity contribution in [1.82, 2.24) is 20.6 Å². The average molecular weight is 523 g/mol. The molecule has 3 aliphatic rings. The van der Waals surface area contributed by atoms with Crippen molar-refractivity contribution < 1.29 is 24.3 Å². The van der Waals surface area contributed by atoms with E-state index in [1.807, 2.05) is 6.07 Å². The van der Waals surface area contributed by atoms with Gasteiger partial charge in [0.05, 0.1) is 17.5 Å². The molecule has 2 atom stereocenters. The number of aliphatic hydroxyl groups is 1. The van der Waals surface area contributed by atoms with Crippen molar-refractivity contribution in [3.05, 3.63) is 47.0 Å². The number of nitrogens with one attached hydrogen (secondary N) is 3. The summed E-state index contributed by atoms with van der Waals surface area (Å²) in [5, 5.41) is 22.9. The minimum absolute atomic E-state index is 0.00101. The maximum Gasteiger partial charge on any atom is 0.270 e. The molecule has 11 heteroatoms. The van der Waals surface area contributed by atoms with Gasteiger partial charge in [0.1, 0.15) is 29.1 Å². The van der Waals surface area contributed by atoms with Crippen molar-refractivity contribution in [2.75, 3.05) is 18.5 Å². The molecule has 1 unspecified atom stereocenters. The van der Waals surface area contributed by atoms with Crippen LogP contribution in [0.3, 0.4) is 0 Å². The molecule has 2 aliphatic heterocycles. The number of benzene rings is 1. The van der Waals surface area contributed by atoms with Crippen LogP contribution in [0, 0.1) is 12.8 Å². The van der Waals surface area contributed by atoms with E-state index < -0.39 is 0 Å². The van der Waals surface area contributed by atoms with E-state index in [1.165, 1.54) is 0 Å². The molecule has 202 valence electrons. The highest BCUT2D eigenvalue weighted by Crippen LogP contribution is 2.33. The first-order valence-electron chi connectivity index (χ1n) is 13.2. The number of aliphatic hydroxyl groups excluding tert-OH is 1. The number of aromatic nitrogens is 2. The Labute approximate surface area is 221 Å². The van der Waals surface area contributed by atoms with Crippen LogP contribution in [0.4, 0.5) is 5.69 Å². The molecule has 1 fully saturated rings. The SMILES string of the molecule is Cc1nc(C(=O)NCc2ccc3c(c2)NC(=O)CO3)cc(C2=NOC(C3CCC(NC[C@H](C)O)CC3)C2)n1. The average Bonchev–Trinajstić information content (AvgIpc) is 3.41. The molecule has 1 aromatic carbocycles. The van der Waals surface area contributed by atoms with Gasteiger partial charge in [0, 0.05) is 25.6 Å². The Morgan fingerprint density at radius 3 is 2.82 bits per heavy atom. The lowest BCUT2D eigenvalue weighted by Gasteiger charge is -2.31. The third kappa shape index (κ3) is 6.28. The summed E-state index contributed by atoms with van der Waals surface area (Å²) in [4.78, 5) is 39.2. The number of amides is 2. The number of oxime groups is 1. The Kier molecular flexibility index (Phi) is 7.85. The molecular weight excluding hydrogens is 488 g/mol. The fraction of sp³-hybridized carbons (Fsp3) is 0.519. The largest absolute Gasteiger partial charge is 0.482 e. The first-order chi connectivity index (χ1) is 18.3. The van der Waals surface area contributed by atoms with Gasteiger partial charge in [-0.3, -0.25) is 9.59 Å². The zero-order chi connectivity index (χ0) is 26.6. The predicted octanol–water partition coefficient (Wildman–Crippen LogP) is 2.07. The maximum absolute atomic E-state index is 12.9. The van der Waals surface area contributed by atoms with Gasteiger partial charge in [-0.2, -0.15) is 0 Å². The topological polar surface area (TPSA) is 147 Å². The van der Waals surface area contributed by atoms with E-state index in [1.54, 1.807) is 32.0 Å². The molecule has 2 aromatic rings. The molecule has 0 saturated heterocycles. The smallest absolute Gasteiger partial charge is 0.270 e. The fourth-order valence-corrected chi connectivity index (χ4v) is 5.18. The van der Waals surface area contributed by atoms with Crippen LogP contribution in [-0.2, 0) is 16.2 Å². The molecule has 1 aliphatic carbocycles. The van der Waals surface area contributed by atoms with Crippen molar-refractivity contribution in [2.24, 2.45) is 11.1 Å². The summed E-state index contributed by atoms with van der Waals surface area (Å²) in [7, 11) is 0. The number of nitrogens with zero attached hydrogens (tertiary/aromatic N) is 3. The second-order valence-corrected chi connectivity index (χ2v) is 10.3. The number of carbonyl (C=O) groups is 2. The van der Waals surface area contributed by atoms with E-state index >= 15 is 0 Å². The first kappa shape index (κ1) is 26.1. The van der Waals surface area contributed by atoms with Crippen LogP contribution in [0.5, 0.6) is 5.75 Å². The van der Waals surface area contributed by atoms with Crippen LogP contribution < -0.4 is 20.7 Å². The van der Waals surface area contributed by atoms with Gasteiger partial charge in [-0.15, -0.1) is 0 Å². The quantitative estimate of drug-likeness (QED) is 0.412. The van der Waals surface area contributed by atoms with E-state index in [0.717, 1.165) is 37.0 Å². The van der Waals surface area contributed by atoms with E-state index in [4.69, 9.17) is 9.57 Å². The van der Waals surface area contributed by atoms with Crippen LogP contribution in [0.15, 0.2) is 29.4 Å². The van der Waals surface area contributed by atoms with Crippen LogP contribution in [0.25, 0.3) is 0 Å². The zero-order valence-corrected chi connectivity index (χ0v) is 21.7. The van der Waals surface area contributed by atoms with Crippen LogP contribution in [-0.4, -0.2) is 64.0 Å². The molecule has 3 heterocycles. The monoisotopic (exact) mass is 522 g/mol. The third-order valence-electron chi connectivity index (χ3n) is 7.19. The lowest BCUT2D eigenvalue weighted by Crippen LogP contribution is -2.39. The van der Waals surface area contributed by atoms with Gasteiger partial charge in [0.2, 0.25) is 0 Å². The Morgan fingerprint density at radius 1 is 1.21 bits per heavy atom. The fourth-order valence-electron chi connectivity index (χ4n) is 5.18. The number of fused-ring (bicyclic) bond motifs is 1. The Bertz CT molecular complexity index is 1220. The van der Waals surface area contributed by atoms with E-state index in [-0.39, 0.29) is 42.9 Å². The summed E-state index contributed by atoms with van der Waals surface area (Å²) >= 11 is 0. The van der Waals surface area contributed by atoms with Gasteiger partial charge in [-0.1, -0.05) is 11.2 Å². The Hall–Kier alpha value is -3.57. The van der Waals surface area contributed by atoms with Crippen molar-refractivity contribution in [1.29, 1.82) is 0 Å². The van der Waals surface area contributed by atoms with E-state index in [2.05, 4.69) is 31.1 Å². The molecule has 0 spiro atoms. The number of rotatable bonds is 8. The Balaban J connectivity index is 1.16. The molecule has 11 nitrogen and oxygen atoms in total. The molecular formula is C27H34N6O5. The summed E-state index contributed by atoms with van der Waals surface area (Å²) in [6.07, 6.45) is 4.49. The van der Waals surface area contributed by atoms with E-state index in [0.29, 0.717) is 47.9 Å². The summed E-state index contributed by atoms with van der Waals surface area (Å²) in [5.41, 5.74) is 3.01. The highest BCUT2D eigenvalue weighted by molar-refractivity contribution is 6.02. The van der Waals surface area contributed by atoms with Gasteiger partial charge in [0.25, 0.3) is 11.8 Å². The lowest BCUT2D eigenvalue weighted by molar-refractivity contribution is -0.118. The highest BCUT2D eigenvalue weighted by Gasteiger charge is 2.34. The van der Waals surface area contributed by atoms with Gasteiger partial charge < -0.3 is 30.6 Å². The first-order valence-corrected chi connectivity index (χ1v) is 13.2. The predicted molar refractivity (Wildman–Crippen MR) is 140 cm³/mol. The van der Waals surface area contributed by atoms with Gasteiger partial charge in [-0.05, 0) is 69.2 Å². The molecule has 2 amide bonds. The highest BCUT2D eigenvalue weighted by atomic mass is 16.6. The number of hydrogen-bond donors (Lipinski definition) is 4. The molecule has 1 aromatic heterocycles. The number of anilines is 1. The summed E-state index contributed by atoms with van der Waals surface area (Å²) in [6, 6.07) is 7.49. The van der Waals surface area contributed by atoms with E-state index in [9.17, 15) is 14.7 Å². The molecule has 1 saturated carbocycles. The molecule has 5 rings (SSSR count). The standard InChI is InChI=1S/C27H34N6O5/c1-15(34)12-28-19-6-4-18(5-7-19)25-11-21(33-38-25)20-10-23(31-16(2)30-20)27(36)29-13-17-3-8-24-22(9-17)32-26(35)14-37-24/h3,8-10,15,18-19,25,28,34H,4-7,11-14H2,1-2H3,(H,29,36)(H,32,35)/t15-,18?,19?,25?/m0/s1. The zero-order valence-electron chi connectivity index (χ0n) is 21.7. The number of hydrogen-bond acceptors (Lipinski definition) is 9. The summed E-state index contributed by atoms with van der Waals surface area (Å²) < 4.78 is 5.38. The summed E-state index contributed by atoms with van der Waals surface area (Å²) in [5.74, 6) is 0.972. The summed E-state index contributed by atoms with van der Waals surface area (Å²) in [6.45, 7) is 4.43. The molecule has 4 N–H and O–H groups in total. The van der Waals surface area contributed by atoms with Crippen molar-refractivity contribution >= 4 is 23.2 Å². The van der Waals surface area contributed by atoms with Crippen LogP contribution in [0.2, 0.25) is 0 Å². The van der Waals surface area contributed by atoms with Gasteiger partial charge >= 0.3 is 0 Å². The van der Waals surface area contributed by atoms with Gasteiger partial charge in [-0.25, -0.2) is 9.97 Å². The van der Waals surface area contributed by atoms with Crippen molar-refractivity contribution in [2.45, 2.75) is 70.7 Å². The maximum atomic E-state index is 12.9. The lowest BCUT2D eigenvalue weighted by atomic mass is 9.81. The normalized spacial score (nSPS) is 23.4. The van der Waals surface area contributed by atoms with Crippen molar-refractivity contribution in [3.63, 3.8) is 0 Å².